The highest BCUT2D eigenvalue weighted by atomic mass is 32.2. The Morgan fingerprint density at radius 2 is 1.97 bits per heavy atom. The molecule has 2 aromatic carbocycles. The van der Waals surface area contributed by atoms with E-state index in [1.165, 1.54) is 16.4 Å². The van der Waals surface area contributed by atoms with Gasteiger partial charge in [-0.15, -0.1) is 0 Å². The van der Waals surface area contributed by atoms with E-state index >= 15 is 0 Å². The number of carbonyl (C=O) groups excluding carboxylic acids is 1. The van der Waals surface area contributed by atoms with E-state index in [0.717, 1.165) is 5.56 Å². The van der Waals surface area contributed by atoms with Crippen LogP contribution in [0.5, 0.6) is 0 Å². The molecule has 160 valence electrons. The quantitative estimate of drug-likeness (QED) is 0.807. The van der Waals surface area contributed by atoms with Crippen molar-refractivity contribution in [1.82, 2.24) is 9.21 Å². The number of carbonyl (C=O) groups is 1. The van der Waals surface area contributed by atoms with Crippen LogP contribution in [-0.2, 0) is 21.3 Å². The second-order valence-corrected chi connectivity index (χ2v) is 9.72. The maximum absolute atomic E-state index is 13.8. The van der Waals surface area contributed by atoms with Gasteiger partial charge in [-0.05, 0) is 42.3 Å². The topological polar surface area (TPSA) is 79.0 Å². The zero-order valence-electron chi connectivity index (χ0n) is 16.6. The molecule has 0 aliphatic carbocycles. The first-order valence-corrected chi connectivity index (χ1v) is 11.4. The molecular weight excluding hydrogens is 409 g/mol. The van der Waals surface area contributed by atoms with Crippen LogP contribution in [0.15, 0.2) is 48.5 Å². The van der Waals surface area contributed by atoms with Gasteiger partial charge in [-0.25, -0.2) is 17.6 Å². The van der Waals surface area contributed by atoms with Crippen molar-refractivity contribution in [2.24, 2.45) is 0 Å². The van der Waals surface area contributed by atoms with Gasteiger partial charge in [0.25, 0.3) is 0 Å². The molecule has 0 aromatic heterocycles. The van der Waals surface area contributed by atoms with Crippen molar-refractivity contribution in [3.63, 3.8) is 0 Å². The third-order valence-corrected chi connectivity index (χ3v) is 7.19. The summed E-state index contributed by atoms with van der Waals surface area (Å²) in [7, 11) is -3.62. The number of sulfonamides is 1. The van der Waals surface area contributed by atoms with Gasteiger partial charge in [-0.2, -0.15) is 4.31 Å². The normalized spacial score (nSPS) is 23.6. The number of rotatable bonds is 3. The van der Waals surface area contributed by atoms with E-state index in [2.05, 4.69) is 5.32 Å². The lowest BCUT2D eigenvalue weighted by Gasteiger charge is -2.28. The second-order valence-electron chi connectivity index (χ2n) is 7.68. The summed E-state index contributed by atoms with van der Waals surface area (Å²) in [4.78, 5) is 14.3. The first kappa shape index (κ1) is 20.8. The fraction of sp³-hybridized carbons (Fsp3) is 0.381. The molecule has 2 saturated heterocycles. The lowest BCUT2D eigenvalue weighted by Crippen LogP contribution is -2.45. The Labute approximate surface area is 175 Å². The number of fused-ring (bicyclic) bond motifs is 1. The molecular formula is C21H24FN3O4S. The van der Waals surface area contributed by atoms with Crippen LogP contribution < -0.4 is 5.32 Å². The van der Waals surface area contributed by atoms with Crippen LogP contribution in [0.3, 0.4) is 0 Å². The van der Waals surface area contributed by atoms with E-state index in [9.17, 15) is 17.6 Å². The summed E-state index contributed by atoms with van der Waals surface area (Å²) in [6.07, 6.45) is -0.432. The second kappa shape index (κ2) is 8.33. The summed E-state index contributed by atoms with van der Waals surface area (Å²) in [5.74, 6) is -0.537. The summed E-state index contributed by atoms with van der Waals surface area (Å²) in [5, 5.41) is 2.82. The molecule has 2 aliphatic rings. The molecule has 2 aromatic rings. The molecule has 0 spiro atoms. The molecule has 0 bridgehead atoms. The Balaban J connectivity index is 1.55. The van der Waals surface area contributed by atoms with Crippen LogP contribution in [0.1, 0.15) is 11.1 Å². The molecule has 1 N–H and O–H groups in total. The van der Waals surface area contributed by atoms with Gasteiger partial charge < -0.3 is 15.0 Å². The number of hydrogen-bond donors (Lipinski definition) is 1. The van der Waals surface area contributed by atoms with E-state index in [-0.39, 0.29) is 38.0 Å². The Morgan fingerprint density at radius 3 is 2.70 bits per heavy atom. The summed E-state index contributed by atoms with van der Waals surface area (Å²) >= 11 is 0. The first-order chi connectivity index (χ1) is 14.3. The zero-order chi connectivity index (χ0) is 21.3. The van der Waals surface area contributed by atoms with Gasteiger partial charge in [-0.3, -0.25) is 0 Å². The molecule has 2 aliphatic heterocycles. The molecule has 2 fully saturated rings. The number of urea groups is 1. The monoisotopic (exact) mass is 433 g/mol. The van der Waals surface area contributed by atoms with Crippen LogP contribution in [-0.4, -0.2) is 61.2 Å². The fourth-order valence-electron chi connectivity index (χ4n) is 4.01. The minimum absolute atomic E-state index is 0.0413. The highest BCUT2D eigenvalue weighted by Crippen LogP contribution is 2.28. The number of amides is 2. The van der Waals surface area contributed by atoms with Crippen molar-refractivity contribution in [3.8, 4) is 0 Å². The Kier molecular flexibility index (Phi) is 5.77. The molecule has 2 atom stereocenters. The number of nitrogens with zero attached hydrogens (tertiary/aromatic N) is 2. The van der Waals surface area contributed by atoms with E-state index in [0.29, 0.717) is 11.3 Å². The number of halogens is 1. The highest BCUT2D eigenvalue weighted by molar-refractivity contribution is 7.89. The molecule has 30 heavy (non-hydrogen) atoms. The van der Waals surface area contributed by atoms with Gasteiger partial charge in [0, 0.05) is 18.8 Å². The number of benzene rings is 2. The first-order valence-electron chi connectivity index (χ1n) is 9.80. The number of aryl methyl sites for hydroxylation is 1. The maximum Gasteiger partial charge on any atom is 0.321 e. The summed E-state index contributed by atoms with van der Waals surface area (Å²) in [6.45, 7) is 2.37. The predicted octanol–water partition coefficient (Wildman–Crippen LogP) is 2.58. The predicted molar refractivity (Wildman–Crippen MR) is 111 cm³/mol. The SMILES string of the molecule is Cc1cc(F)cc(CN2[C@@H]3CN(C(=O)Nc4ccccc4)C[C@@H]3OCCS2(=O)=O)c1. The number of likely N-dealkylation sites (tertiary alicyclic amines) is 1. The van der Waals surface area contributed by atoms with Gasteiger partial charge in [0.05, 0.1) is 31.1 Å². The van der Waals surface area contributed by atoms with Gasteiger partial charge in [0.1, 0.15) is 5.82 Å². The molecule has 4 rings (SSSR count). The van der Waals surface area contributed by atoms with E-state index in [1.54, 1.807) is 30.0 Å². The van der Waals surface area contributed by atoms with Crippen molar-refractivity contribution in [2.75, 3.05) is 30.8 Å². The van der Waals surface area contributed by atoms with Gasteiger partial charge >= 0.3 is 6.03 Å². The molecule has 7 nitrogen and oxygen atoms in total. The summed E-state index contributed by atoms with van der Waals surface area (Å²) in [6, 6.07) is 12.7. The minimum Gasteiger partial charge on any atom is -0.374 e. The van der Waals surface area contributed by atoms with Crippen molar-refractivity contribution in [3.05, 3.63) is 65.5 Å². The molecule has 9 heteroatoms. The molecule has 0 radical (unpaired) electrons. The van der Waals surface area contributed by atoms with Crippen molar-refractivity contribution >= 4 is 21.7 Å². The van der Waals surface area contributed by atoms with Gasteiger partial charge in [0.2, 0.25) is 10.0 Å². The molecule has 0 unspecified atom stereocenters. The van der Waals surface area contributed by atoms with Crippen LogP contribution >= 0.6 is 0 Å². The lowest BCUT2D eigenvalue weighted by atomic mass is 10.1. The number of hydrogen-bond acceptors (Lipinski definition) is 4. The third kappa shape index (κ3) is 4.48. The smallest absolute Gasteiger partial charge is 0.321 e. The maximum atomic E-state index is 13.8. The standard InChI is InChI=1S/C21H24FN3O4S/c1-15-9-16(11-17(22)10-15)12-25-19-13-24(14-20(19)29-7-8-30(25,27)28)21(26)23-18-5-3-2-4-6-18/h2-6,9-11,19-20H,7-8,12-14H2,1H3,(H,23,26)/t19-,20+/m1/s1. The van der Waals surface area contributed by atoms with Crippen LogP contribution in [0.25, 0.3) is 0 Å². The number of nitrogens with one attached hydrogen (secondary N) is 1. The van der Waals surface area contributed by atoms with E-state index < -0.39 is 28.0 Å². The fourth-order valence-corrected chi connectivity index (χ4v) is 5.52. The van der Waals surface area contributed by atoms with Crippen LogP contribution in [0, 0.1) is 12.7 Å². The highest BCUT2D eigenvalue weighted by Gasteiger charge is 2.45. The van der Waals surface area contributed by atoms with E-state index in [4.69, 9.17) is 4.74 Å². The Bertz CT molecular complexity index is 1010. The van der Waals surface area contributed by atoms with Gasteiger partial charge in [-0.1, -0.05) is 24.3 Å². The van der Waals surface area contributed by atoms with E-state index in [1.807, 2.05) is 18.2 Å². The van der Waals surface area contributed by atoms with Crippen molar-refractivity contribution in [2.45, 2.75) is 25.6 Å². The lowest BCUT2D eigenvalue weighted by molar-refractivity contribution is 0.0472. The molecule has 2 heterocycles. The Morgan fingerprint density at radius 1 is 1.20 bits per heavy atom. The van der Waals surface area contributed by atoms with Gasteiger partial charge in [0.15, 0.2) is 0 Å². The minimum atomic E-state index is -3.62. The number of anilines is 1. The van der Waals surface area contributed by atoms with Crippen molar-refractivity contribution < 1.29 is 22.3 Å². The number of para-hydroxylation sites is 1. The molecule has 0 saturated carbocycles. The average molecular weight is 434 g/mol. The van der Waals surface area contributed by atoms with Crippen LogP contribution in [0.4, 0.5) is 14.9 Å². The summed E-state index contributed by atoms with van der Waals surface area (Å²) < 4.78 is 46.8. The number of ether oxygens (including phenoxy) is 1. The third-order valence-electron chi connectivity index (χ3n) is 5.39. The molecule has 2 amide bonds. The zero-order valence-corrected chi connectivity index (χ0v) is 17.4. The Hall–Kier alpha value is -2.49. The van der Waals surface area contributed by atoms with Crippen molar-refractivity contribution in [1.29, 1.82) is 0 Å². The summed E-state index contributed by atoms with van der Waals surface area (Å²) in [5.41, 5.74) is 1.96. The average Bonchev–Trinajstić information content (AvgIpc) is 3.05. The van der Waals surface area contributed by atoms with Crippen LogP contribution in [0.2, 0.25) is 0 Å². The largest absolute Gasteiger partial charge is 0.374 e.